The quantitative estimate of drug-likeness (QED) is 0.587. The molecule has 4 N–H and O–H groups in total. The van der Waals surface area contributed by atoms with Crippen LogP contribution in [0.4, 0.5) is 16.0 Å². The van der Waals surface area contributed by atoms with Gasteiger partial charge in [0.1, 0.15) is 35.4 Å². The minimum absolute atomic E-state index is 0.0976. The molecule has 2 aromatic heterocycles. The Morgan fingerprint density at radius 3 is 2.90 bits per heavy atom. The summed E-state index contributed by atoms with van der Waals surface area (Å²) in [4.78, 5) is 25.1. The fourth-order valence-corrected chi connectivity index (χ4v) is 3.01. The van der Waals surface area contributed by atoms with Gasteiger partial charge < -0.3 is 16.4 Å². The van der Waals surface area contributed by atoms with Crippen LogP contribution in [0.2, 0.25) is 0 Å². The number of aromatic nitrogens is 3. The van der Waals surface area contributed by atoms with E-state index in [2.05, 4.69) is 25.6 Å². The molecule has 1 aliphatic carbocycles. The van der Waals surface area contributed by atoms with E-state index in [9.17, 15) is 14.4 Å². The van der Waals surface area contributed by atoms with Gasteiger partial charge in [0.25, 0.3) is 5.91 Å². The van der Waals surface area contributed by atoms with Gasteiger partial charge in [0, 0.05) is 24.4 Å². The molecule has 2 heterocycles. The molecule has 0 unspecified atom stereocenters. The summed E-state index contributed by atoms with van der Waals surface area (Å²) in [6.45, 7) is 0.370. The Morgan fingerprint density at radius 2 is 2.14 bits per heavy atom. The lowest BCUT2D eigenvalue weighted by molar-refractivity contribution is 0.0950. The first-order valence-corrected chi connectivity index (χ1v) is 9.19. The van der Waals surface area contributed by atoms with Gasteiger partial charge in [-0.3, -0.25) is 9.78 Å². The molecule has 1 aromatic carbocycles. The number of nitriles is 1. The average Bonchev–Trinajstić information content (AvgIpc) is 3.51. The maximum atomic E-state index is 13.6. The lowest BCUT2D eigenvalue weighted by atomic mass is 10.1. The number of halogens is 1. The third-order valence-electron chi connectivity index (χ3n) is 4.66. The fourth-order valence-electron chi connectivity index (χ4n) is 3.01. The summed E-state index contributed by atoms with van der Waals surface area (Å²) in [5, 5.41) is 15.8. The van der Waals surface area contributed by atoms with Gasteiger partial charge in [0.2, 0.25) is 0 Å². The Bertz CT molecular complexity index is 1140. The predicted molar refractivity (Wildman–Crippen MR) is 106 cm³/mol. The Balaban J connectivity index is 1.60. The molecule has 9 heteroatoms. The minimum atomic E-state index is -0.382. The standard InChI is InChI=1S/C20H18FN7O/c21-12-1-4-16-11(7-12)8-14(20(29)27-13-2-3-13)17(28-16)5-6-24-19-15(9-22)18(23)25-10-26-19/h1,4,7-8,10,13H,2-3,5-6H2,(H,27,29)(H3,23,24,25,26). The van der Waals surface area contributed by atoms with E-state index in [1.807, 2.05) is 6.07 Å². The molecule has 29 heavy (non-hydrogen) atoms. The second-order valence-electron chi connectivity index (χ2n) is 6.84. The number of carbonyl (C=O) groups is 1. The molecule has 4 rings (SSSR count). The number of pyridine rings is 1. The van der Waals surface area contributed by atoms with Gasteiger partial charge in [-0.25, -0.2) is 14.4 Å². The molecule has 1 amide bonds. The molecule has 0 bridgehead atoms. The zero-order chi connectivity index (χ0) is 20.4. The molecular formula is C20H18FN7O. The van der Waals surface area contributed by atoms with Crippen molar-refractivity contribution >= 4 is 28.4 Å². The number of fused-ring (bicyclic) bond motifs is 1. The van der Waals surface area contributed by atoms with Gasteiger partial charge in [0.05, 0.1) is 16.8 Å². The van der Waals surface area contributed by atoms with Gasteiger partial charge in [-0.1, -0.05) is 0 Å². The summed E-state index contributed by atoms with van der Waals surface area (Å²) in [6, 6.07) is 8.12. The highest BCUT2D eigenvalue weighted by Crippen LogP contribution is 2.23. The van der Waals surface area contributed by atoms with Gasteiger partial charge in [-0.15, -0.1) is 0 Å². The van der Waals surface area contributed by atoms with Crippen LogP contribution in [-0.2, 0) is 6.42 Å². The molecular weight excluding hydrogens is 373 g/mol. The Morgan fingerprint density at radius 1 is 1.31 bits per heavy atom. The number of nitrogens with zero attached hydrogens (tertiary/aromatic N) is 4. The molecule has 0 radical (unpaired) electrons. The molecule has 0 spiro atoms. The van der Waals surface area contributed by atoms with Crippen molar-refractivity contribution in [3.8, 4) is 6.07 Å². The number of nitrogens with two attached hydrogens (primary N) is 1. The molecule has 0 aliphatic heterocycles. The first-order valence-electron chi connectivity index (χ1n) is 9.19. The number of anilines is 2. The number of amides is 1. The Labute approximate surface area is 166 Å². The summed E-state index contributed by atoms with van der Waals surface area (Å²) in [5.41, 5.74) is 7.46. The topological polar surface area (TPSA) is 130 Å². The summed E-state index contributed by atoms with van der Waals surface area (Å²) in [5.74, 6) is -0.176. The smallest absolute Gasteiger partial charge is 0.253 e. The van der Waals surface area contributed by atoms with Crippen molar-refractivity contribution in [3.05, 3.63) is 53.2 Å². The number of rotatable bonds is 6. The van der Waals surface area contributed by atoms with Crippen molar-refractivity contribution in [1.29, 1.82) is 5.26 Å². The SMILES string of the molecule is N#Cc1c(N)ncnc1NCCc1nc2ccc(F)cc2cc1C(=O)NC1CC1. The summed E-state index contributed by atoms with van der Waals surface area (Å²) < 4.78 is 13.6. The maximum absolute atomic E-state index is 13.6. The van der Waals surface area contributed by atoms with E-state index in [0.29, 0.717) is 40.9 Å². The fraction of sp³-hybridized carbons (Fsp3) is 0.250. The number of hydrogen-bond donors (Lipinski definition) is 3. The van der Waals surface area contributed by atoms with E-state index < -0.39 is 0 Å². The van der Waals surface area contributed by atoms with Crippen LogP contribution in [0.25, 0.3) is 10.9 Å². The van der Waals surface area contributed by atoms with Crippen molar-refractivity contribution in [1.82, 2.24) is 20.3 Å². The van der Waals surface area contributed by atoms with Crippen LogP contribution in [0.1, 0.15) is 34.5 Å². The van der Waals surface area contributed by atoms with Crippen LogP contribution in [0, 0.1) is 17.1 Å². The van der Waals surface area contributed by atoms with Crippen LogP contribution in [0.3, 0.4) is 0 Å². The van der Waals surface area contributed by atoms with Crippen molar-refractivity contribution in [2.45, 2.75) is 25.3 Å². The number of benzene rings is 1. The first kappa shape index (κ1) is 18.6. The summed E-state index contributed by atoms with van der Waals surface area (Å²) in [6.07, 6.45) is 3.60. The van der Waals surface area contributed by atoms with Gasteiger partial charge in [-0.05, 0) is 37.1 Å². The molecule has 0 saturated heterocycles. The van der Waals surface area contributed by atoms with Crippen LogP contribution in [0.15, 0.2) is 30.6 Å². The number of nitrogens with one attached hydrogen (secondary N) is 2. The van der Waals surface area contributed by atoms with E-state index in [1.165, 1.54) is 18.5 Å². The predicted octanol–water partition coefficient (Wildman–Crippen LogP) is 2.16. The normalized spacial score (nSPS) is 13.1. The van der Waals surface area contributed by atoms with E-state index in [-0.39, 0.29) is 29.1 Å². The Hall–Kier alpha value is -3.80. The molecule has 146 valence electrons. The van der Waals surface area contributed by atoms with Crippen LogP contribution in [-0.4, -0.2) is 33.4 Å². The highest BCUT2D eigenvalue weighted by molar-refractivity contribution is 5.99. The monoisotopic (exact) mass is 391 g/mol. The zero-order valence-electron chi connectivity index (χ0n) is 15.4. The lowest BCUT2D eigenvalue weighted by Gasteiger charge is -2.12. The minimum Gasteiger partial charge on any atom is -0.382 e. The van der Waals surface area contributed by atoms with E-state index in [4.69, 9.17) is 5.73 Å². The summed E-state index contributed by atoms with van der Waals surface area (Å²) >= 11 is 0. The van der Waals surface area contributed by atoms with Crippen LogP contribution in [0.5, 0.6) is 0 Å². The number of hydrogen-bond acceptors (Lipinski definition) is 7. The van der Waals surface area contributed by atoms with Crippen molar-refractivity contribution < 1.29 is 9.18 Å². The third-order valence-corrected chi connectivity index (χ3v) is 4.66. The number of carbonyl (C=O) groups excluding carboxylic acids is 1. The maximum Gasteiger partial charge on any atom is 0.253 e. The highest BCUT2D eigenvalue weighted by Gasteiger charge is 2.25. The average molecular weight is 391 g/mol. The highest BCUT2D eigenvalue weighted by atomic mass is 19.1. The van der Waals surface area contributed by atoms with Crippen LogP contribution < -0.4 is 16.4 Å². The molecule has 1 aliphatic rings. The van der Waals surface area contributed by atoms with E-state index >= 15 is 0 Å². The lowest BCUT2D eigenvalue weighted by Crippen LogP contribution is -2.27. The van der Waals surface area contributed by atoms with Crippen molar-refractivity contribution in [2.75, 3.05) is 17.6 Å². The summed E-state index contributed by atoms with van der Waals surface area (Å²) in [7, 11) is 0. The largest absolute Gasteiger partial charge is 0.382 e. The van der Waals surface area contributed by atoms with Crippen molar-refractivity contribution in [3.63, 3.8) is 0 Å². The van der Waals surface area contributed by atoms with Gasteiger partial charge in [-0.2, -0.15) is 5.26 Å². The first-order chi connectivity index (χ1) is 14.0. The number of nitrogen functional groups attached to an aromatic ring is 1. The second kappa shape index (κ2) is 7.67. The van der Waals surface area contributed by atoms with Crippen LogP contribution >= 0.6 is 0 Å². The third kappa shape index (κ3) is 4.06. The molecule has 8 nitrogen and oxygen atoms in total. The van der Waals surface area contributed by atoms with E-state index in [0.717, 1.165) is 12.8 Å². The molecule has 3 aromatic rings. The second-order valence-corrected chi connectivity index (χ2v) is 6.84. The molecule has 0 atom stereocenters. The Kier molecular flexibility index (Phi) is 4.91. The zero-order valence-corrected chi connectivity index (χ0v) is 15.4. The molecule has 1 fully saturated rings. The van der Waals surface area contributed by atoms with Gasteiger partial charge in [0.15, 0.2) is 0 Å². The van der Waals surface area contributed by atoms with Gasteiger partial charge >= 0.3 is 0 Å². The van der Waals surface area contributed by atoms with Crippen molar-refractivity contribution in [2.24, 2.45) is 0 Å². The van der Waals surface area contributed by atoms with E-state index in [1.54, 1.807) is 12.1 Å². The molecule has 1 saturated carbocycles.